The van der Waals surface area contributed by atoms with E-state index in [0.717, 1.165) is 16.8 Å². The molecule has 3 heterocycles. The van der Waals surface area contributed by atoms with Gasteiger partial charge < -0.3 is 20.9 Å². The Morgan fingerprint density at radius 3 is 2.93 bits per heavy atom. The van der Waals surface area contributed by atoms with Gasteiger partial charge in [0.2, 0.25) is 11.8 Å². The van der Waals surface area contributed by atoms with E-state index in [1.165, 1.54) is 25.4 Å². The van der Waals surface area contributed by atoms with E-state index in [9.17, 15) is 9.50 Å². The lowest BCUT2D eigenvalue weighted by atomic mass is 9.84. The molecule has 0 radical (unpaired) electrons. The van der Waals surface area contributed by atoms with Crippen molar-refractivity contribution in [2.24, 2.45) is 0 Å². The first-order chi connectivity index (χ1) is 13.5. The van der Waals surface area contributed by atoms with Crippen molar-refractivity contribution in [3.63, 3.8) is 0 Å². The normalized spacial score (nSPS) is 16.9. The second-order valence-electron chi connectivity index (χ2n) is 6.56. The van der Waals surface area contributed by atoms with Gasteiger partial charge >= 0.3 is 0 Å². The van der Waals surface area contributed by atoms with Crippen LogP contribution in [0.3, 0.4) is 0 Å². The monoisotopic (exact) mass is 378 g/mol. The molecule has 9 heteroatoms. The number of nitrogen functional groups attached to an aromatic ring is 1. The number of benzene rings is 1. The van der Waals surface area contributed by atoms with Gasteiger partial charge in [0.15, 0.2) is 5.76 Å². The van der Waals surface area contributed by atoms with Crippen LogP contribution in [0.1, 0.15) is 28.6 Å². The minimum absolute atomic E-state index is 0.0554. The molecule has 0 saturated heterocycles. The summed E-state index contributed by atoms with van der Waals surface area (Å²) in [5, 5.41) is 13.6. The first-order valence-electron chi connectivity index (χ1n) is 8.58. The summed E-state index contributed by atoms with van der Waals surface area (Å²) in [7, 11) is 1.49. The summed E-state index contributed by atoms with van der Waals surface area (Å²) in [6, 6.07) is 4.22. The number of aliphatic hydroxyl groups excluding tert-OH is 1. The topological polar surface area (TPSA) is 119 Å². The summed E-state index contributed by atoms with van der Waals surface area (Å²) in [6.45, 7) is 0. The van der Waals surface area contributed by atoms with Gasteiger partial charge in [0.05, 0.1) is 48.2 Å². The van der Waals surface area contributed by atoms with E-state index in [1.807, 2.05) is 0 Å². The Kier molecular flexibility index (Phi) is 3.45. The van der Waals surface area contributed by atoms with Crippen molar-refractivity contribution in [3.05, 3.63) is 58.9 Å². The Labute approximate surface area is 159 Å². The van der Waals surface area contributed by atoms with Crippen LogP contribution in [0.4, 0.5) is 10.3 Å². The van der Waals surface area contributed by atoms with Gasteiger partial charge in [-0.05, 0) is 17.7 Å². The number of nitrogens with zero attached hydrogens (tertiary/aromatic N) is 4. The summed E-state index contributed by atoms with van der Waals surface area (Å²) < 4.78 is 19.2. The van der Waals surface area contributed by atoms with Gasteiger partial charge in [-0.3, -0.25) is 4.98 Å². The summed E-state index contributed by atoms with van der Waals surface area (Å²) in [5.74, 6) is 0.108. The van der Waals surface area contributed by atoms with E-state index in [4.69, 9.17) is 10.5 Å². The SMILES string of the molecule is COc1cncc(-c2cc(F)ccc2[C@H]2Cc3nc(N)nc4c3C(=C4O)N2)n1. The summed E-state index contributed by atoms with van der Waals surface area (Å²) >= 11 is 0. The molecule has 0 spiro atoms. The number of rotatable bonds is 3. The van der Waals surface area contributed by atoms with Gasteiger partial charge in [-0.25, -0.2) is 19.3 Å². The molecule has 1 atom stereocenters. The summed E-state index contributed by atoms with van der Waals surface area (Å²) in [4.78, 5) is 16.9. The zero-order chi connectivity index (χ0) is 19.4. The second kappa shape index (κ2) is 5.88. The first kappa shape index (κ1) is 16.4. The van der Waals surface area contributed by atoms with Crippen molar-refractivity contribution in [1.82, 2.24) is 25.3 Å². The van der Waals surface area contributed by atoms with Gasteiger partial charge in [-0.2, -0.15) is 0 Å². The highest BCUT2D eigenvalue weighted by molar-refractivity contribution is 6.00. The Bertz CT molecular complexity index is 1160. The molecule has 0 fully saturated rings. The highest BCUT2D eigenvalue weighted by atomic mass is 19.1. The van der Waals surface area contributed by atoms with E-state index >= 15 is 0 Å². The van der Waals surface area contributed by atoms with Crippen molar-refractivity contribution in [1.29, 1.82) is 0 Å². The number of halogens is 1. The quantitative estimate of drug-likeness (QED) is 0.635. The van der Waals surface area contributed by atoms with Crippen LogP contribution in [0.25, 0.3) is 22.7 Å². The van der Waals surface area contributed by atoms with Gasteiger partial charge in [0.1, 0.15) is 11.5 Å². The molecular formula is C19H15FN6O2. The third kappa shape index (κ3) is 2.36. The molecule has 8 nitrogen and oxygen atoms in total. The van der Waals surface area contributed by atoms with E-state index in [1.54, 1.807) is 12.3 Å². The lowest BCUT2D eigenvalue weighted by molar-refractivity contribution is 0.396. The average molecular weight is 378 g/mol. The van der Waals surface area contributed by atoms with Crippen LogP contribution >= 0.6 is 0 Å². The van der Waals surface area contributed by atoms with Crippen molar-refractivity contribution >= 4 is 17.4 Å². The molecular weight excluding hydrogens is 363 g/mol. The maximum Gasteiger partial charge on any atom is 0.232 e. The minimum atomic E-state index is -0.390. The molecule has 1 aromatic carbocycles. The number of hydrogen-bond acceptors (Lipinski definition) is 8. The molecule has 140 valence electrons. The number of nitrogens with two attached hydrogens (primary N) is 1. The number of hydrogen-bond donors (Lipinski definition) is 3. The predicted octanol–water partition coefficient (Wildman–Crippen LogP) is 2.25. The molecule has 4 N–H and O–H groups in total. The Balaban J connectivity index is 1.62. The fraction of sp³-hybridized carbons (Fsp3) is 0.158. The number of ether oxygens (including phenoxy) is 1. The highest BCUT2D eigenvalue weighted by Gasteiger charge is 2.38. The maximum absolute atomic E-state index is 14.0. The zero-order valence-electron chi connectivity index (χ0n) is 14.8. The largest absolute Gasteiger partial charge is 0.504 e. The summed E-state index contributed by atoms with van der Waals surface area (Å²) in [6.07, 6.45) is 3.54. The predicted molar refractivity (Wildman–Crippen MR) is 99.4 cm³/mol. The Morgan fingerprint density at radius 1 is 1.25 bits per heavy atom. The summed E-state index contributed by atoms with van der Waals surface area (Å²) in [5.41, 5.74) is 10.2. The third-order valence-electron chi connectivity index (χ3n) is 4.92. The molecule has 1 aliphatic heterocycles. The van der Waals surface area contributed by atoms with E-state index in [0.29, 0.717) is 34.9 Å². The zero-order valence-corrected chi connectivity index (χ0v) is 14.8. The molecule has 28 heavy (non-hydrogen) atoms. The smallest absolute Gasteiger partial charge is 0.232 e. The fourth-order valence-electron chi connectivity index (χ4n) is 3.66. The lowest BCUT2D eigenvalue weighted by Gasteiger charge is -2.35. The van der Waals surface area contributed by atoms with Gasteiger partial charge in [0.25, 0.3) is 0 Å². The number of nitrogens with one attached hydrogen (secondary N) is 1. The van der Waals surface area contributed by atoms with Gasteiger partial charge in [-0.1, -0.05) is 6.07 Å². The van der Waals surface area contributed by atoms with Crippen LogP contribution in [-0.2, 0) is 6.42 Å². The number of methoxy groups -OCH3 is 1. The number of aliphatic hydroxyl groups is 1. The Hall–Kier alpha value is -3.75. The first-order valence-corrected chi connectivity index (χ1v) is 8.58. The van der Waals surface area contributed by atoms with E-state index in [2.05, 4.69) is 25.3 Å². The van der Waals surface area contributed by atoms with Crippen molar-refractivity contribution in [3.8, 4) is 17.1 Å². The maximum atomic E-state index is 14.0. The molecule has 0 saturated carbocycles. The molecule has 2 aromatic heterocycles. The molecule has 0 amide bonds. The standard InChI is InChI=1S/C19H15FN6O2/c1-28-14-7-22-6-13(23-14)10-4-8(20)2-3-9(10)11-5-12-15-16(24-11)18(27)17(15)26-19(21)25-12/h2-4,6-7,11,24,27H,5H2,1H3,(H2,21,25,26)/t11-/m1/s1. The molecule has 5 rings (SSSR count). The van der Waals surface area contributed by atoms with Crippen molar-refractivity contribution in [2.45, 2.75) is 12.5 Å². The molecule has 1 aliphatic carbocycles. The highest BCUT2D eigenvalue weighted by Crippen LogP contribution is 2.44. The molecule has 2 aliphatic rings. The van der Waals surface area contributed by atoms with Crippen LogP contribution in [0.15, 0.2) is 30.6 Å². The van der Waals surface area contributed by atoms with Crippen LogP contribution in [0.2, 0.25) is 0 Å². The van der Waals surface area contributed by atoms with Crippen LogP contribution in [0.5, 0.6) is 5.88 Å². The molecule has 3 aromatic rings. The lowest BCUT2D eigenvalue weighted by Crippen LogP contribution is -2.35. The van der Waals surface area contributed by atoms with E-state index in [-0.39, 0.29) is 23.6 Å². The minimum Gasteiger partial charge on any atom is -0.504 e. The van der Waals surface area contributed by atoms with Crippen molar-refractivity contribution in [2.75, 3.05) is 12.8 Å². The van der Waals surface area contributed by atoms with Crippen LogP contribution < -0.4 is 15.8 Å². The Morgan fingerprint density at radius 2 is 2.11 bits per heavy atom. The number of aromatic nitrogens is 4. The van der Waals surface area contributed by atoms with Crippen molar-refractivity contribution < 1.29 is 14.2 Å². The second-order valence-corrected chi connectivity index (χ2v) is 6.56. The van der Waals surface area contributed by atoms with Crippen LogP contribution in [0, 0.1) is 5.82 Å². The van der Waals surface area contributed by atoms with E-state index < -0.39 is 0 Å². The van der Waals surface area contributed by atoms with Crippen LogP contribution in [-0.4, -0.2) is 32.2 Å². The fourth-order valence-corrected chi connectivity index (χ4v) is 3.66. The number of anilines is 1. The molecule has 0 bridgehead atoms. The molecule has 0 unspecified atom stereocenters. The average Bonchev–Trinajstić information content (AvgIpc) is 2.72. The third-order valence-corrected chi connectivity index (χ3v) is 4.92. The van der Waals surface area contributed by atoms with Gasteiger partial charge in [-0.15, -0.1) is 0 Å². The van der Waals surface area contributed by atoms with Gasteiger partial charge in [0, 0.05) is 12.0 Å².